The maximum Gasteiger partial charge on any atom is 0.310 e. The van der Waals surface area contributed by atoms with Crippen molar-refractivity contribution in [3.63, 3.8) is 0 Å². The van der Waals surface area contributed by atoms with Gasteiger partial charge in [0, 0.05) is 6.54 Å². The summed E-state index contributed by atoms with van der Waals surface area (Å²) < 4.78 is 5.00. The highest BCUT2D eigenvalue weighted by molar-refractivity contribution is 5.74. The van der Waals surface area contributed by atoms with Crippen LogP contribution in [-0.4, -0.2) is 48.2 Å². The molecule has 18 heavy (non-hydrogen) atoms. The van der Waals surface area contributed by atoms with E-state index in [0.717, 1.165) is 25.9 Å². The molecule has 0 aliphatic carbocycles. The van der Waals surface area contributed by atoms with Crippen molar-refractivity contribution in [3.05, 3.63) is 0 Å². The number of carboxylic acid groups (broad SMARTS) is 1. The van der Waals surface area contributed by atoms with Gasteiger partial charge in [-0.15, -0.1) is 0 Å². The van der Waals surface area contributed by atoms with Crippen LogP contribution < -0.4 is 0 Å². The molecule has 1 rings (SSSR count). The largest absolute Gasteiger partial charge is 0.481 e. The van der Waals surface area contributed by atoms with Crippen LogP contribution in [0.4, 0.5) is 0 Å². The number of carboxylic acids is 1. The lowest BCUT2D eigenvalue weighted by Crippen LogP contribution is -2.44. The van der Waals surface area contributed by atoms with Crippen molar-refractivity contribution < 1.29 is 19.4 Å². The maximum absolute atomic E-state index is 11.6. The first-order valence-electron chi connectivity index (χ1n) is 6.49. The molecule has 0 aromatic carbocycles. The molecule has 5 heteroatoms. The first kappa shape index (κ1) is 15.0. The normalized spacial score (nSPS) is 18.6. The van der Waals surface area contributed by atoms with Gasteiger partial charge in [0.25, 0.3) is 0 Å². The zero-order valence-corrected chi connectivity index (χ0v) is 11.4. The van der Waals surface area contributed by atoms with Crippen molar-refractivity contribution in [2.24, 2.45) is 11.3 Å². The predicted octanol–water partition coefficient (Wildman–Crippen LogP) is 1.37. The van der Waals surface area contributed by atoms with E-state index in [2.05, 4.69) is 4.90 Å². The number of hydrogen-bond acceptors (Lipinski definition) is 4. The summed E-state index contributed by atoms with van der Waals surface area (Å²) in [6, 6.07) is 0. The van der Waals surface area contributed by atoms with Crippen LogP contribution in [0.5, 0.6) is 0 Å². The second-order valence-electron chi connectivity index (χ2n) is 5.49. The van der Waals surface area contributed by atoms with Crippen LogP contribution in [0.3, 0.4) is 0 Å². The number of carbonyl (C=O) groups excluding carboxylic acids is 1. The number of esters is 1. The van der Waals surface area contributed by atoms with Gasteiger partial charge < -0.3 is 14.7 Å². The van der Waals surface area contributed by atoms with Crippen LogP contribution in [0.15, 0.2) is 0 Å². The Kier molecular flexibility index (Phi) is 5.14. The molecule has 0 spiro atoms. The smallest absolute Gasteiger partial charge is 0.310 e. The van der Waals surface area contributed by atoms with Gasteiger partial charge in [0.05, 0.1) is 17.9 Å². The summed E-state index contributed by atoms with van der Waals surface area (Å²) in [5, 5.41) is 9.08. The SMILES string of the molecule is CCOC(=O)C1CCN(CC(C)(C)C(=O)O)CC1. The van der Waals surface area contributed by atoms with Gasteiger partial charge in [0.1, 0.15) is 0 Å². The molecule has 0 aromatic rings. The van der Waals surface area contributed by atoms with E-state index >= 15 is 0 Å². The van der Waals surface area contributed by atoms with Crippen molar-refractivity contribution in [2.75, 3.05) is 26.2 Å². The third-order valence-electron chi connectivity index (χ3n) is 3.41. The minimum absolute atomic E-state index is 0.0193. The number of aliphatic carboxylic acids is 1. The minimum Gasteiger partial charge on any atom is -0.481 e. The molecule has 1 aliphatic heterocycles. The molecule has 1 N–H and O–H groups in total. The third kappa shape index (κ3) is 3.98. The molecule has 0 atom stereocenters. The van der Waals surface area contributed by atoms with Crippen molar-refractivity contribution >= 4 is 11.9 Å². The lowest BCUT2D eigenvalue weighted by atomic mass is 9.90. The van der Waals surface area contributed by atoms with Gasteiger partial charge in [-0.25, -0.2) is 0 Å². The van der Waals surface area contributed by atoms with Crippen molar-refractivity contribution in [3.8, 4) is 0 Å². The fourth-order valence-corrected chi connectivity index (χ4v) is 2.21. The van der Waals surface area contributed by atoms with Gasteiger partial charge in [-0.2, -0.15) is 0 Å². The predicted molar refractivity (Wildman–Crippen MR) is 67.2 cm³/mol. The van der Waals surface area contributed by atoms with Gasteiger partial charge in [-0.1, -0.05) is 0 Å². The summed E-state index contributed by atoms with van der Waals surface area (Å²) in [5.74, 6) is -0.918. The number of piperidine rings is 1. The van der Waals surface area contributed by atoms with E-state index in [1.54, 1.807) is 13.8 Å². The Morgan fingerprint density at radius 3 is 2.33 bits per heavy atom. The summed E-state index contributed by atoms with van der Waals surface area (Å²) in [7, 11) is 0. The maximum atomic E-state index is 11.6. The van der Waals surface area contributed by atoms with E-state index in [0.29, 0.717) is 13.2 Å². The van der Waals surface area contributed by atoms with Crippen LogP contribution >= 0.6 is 0 Å². The standard InChI is InChI=1S/C13H23NO4/c1-4-18-11(15)10-5-7-14(8-6-10)9-13(2,3)12(16)17/h10H,4-9H2,1-3H3,(H,16,17). The molecule has 0 radical (unpaired) electrons. The molecule has 1 saturated heterocycles. The lowest BCUT2D eigenvalue weighted by Gasteiger charge is -2.34. The highest BCUT2D eigenvalue weighted by atomic mass is 16.5. The zero-order chi connectivity index (χ0) is 13.8. The molecule has 5 nitrogen and oxygen atoms in total. The highest BCUT2D eigenvalue weighted by Gasteiger charge is 2.33. The molecule has 0 aromatic heterocycles. The Morgan fingerprint density at radius 1 is 1.33 bits per heavy atom. The van der Waals surface area contributed by atoms with E-state index in [1.807, 2.05) is 6.92 Å². The number of nitrogens with zero attached hydrogens (tertiary/aromatic N) is 1. The number of ether oxygens (including phenoxy) is 1. The first-order valence-corrected chi connectivity index (χ1v) is 6.49. The average molecular weight is 257 g/mol. The van der Waals surface area contributed by atoms with E-state index in [1.165, 1.54) is 0 Å². The summed E-state index contributed by atoms with van der Waals surface area (Å²) in [6.45, 7) is 7.74. The lowest BCUT2D eigenvalue weighted by molar-refractivity contribution is -0.152. The Bertz CT molecular complexity index is 306. The summed E-state index contributed by atoms with van der Waals surface area (Å²) >= 11 is 0. The van der Waals surface area contributed by atoms with Gasteiger partial charge in [0.15, 0.2) is 0 Å². The summed E-state index contributed by atoms with van der Waals surface area (Å²) in [6.07, 6.45) is 1.52. The van der Waals surface area contributed by atoms with E-state index in [9.17, 15) is 9.59 Å². The molecule has 104 valence electrons. The number of likely N-dealkylation sites (tertiary alicyclic amines) is 1. The second kappa shape index (κ2) is 6.18. The monoisotopic (exact) mass is 257 g/mol. The van der Waals surface area contributed by atoms with Crippen LogP contribution in [0.25, 0.3) is 0 Å². The van der Waals surface area contributed by atoms with Gasteiger partial charge >= 0.3 is 11.9 Å². The Labute approximate surface area is 108 Å². The Morgan fingerprint density at radius 2 is 1.89 bits per heavy atom. The van der Waals surface area contributed by atoms with Crippen molar-refractivity contribution in [1.82, 2.24) is 4.90 Å². The van der Waals surface area contributed by atoms with Crippen LogP contribution in [0.1, 0.15) is 33.6 Å². The van der Waals surface area contributed by atoms with E-state index in [-0.39, 0.29) is 11.9 Å². The molecular weight excluding hydrogens is 234 g/mol. The minimum atomic E-state index is -0.782. The van der Waals surface area contributed by atoms with E-state index in [4.69, 9.17) is 9.84 Å². The Hall–Kier alpha value is -1.10. The summed E-state index contributed by atoms with van der Waals surface area (Å²) in [4.78, 5) is 24.7. The number of hydrogen-bond donors (Lipinski definition) is 1. The second-order valence-corrected chi connectivity index (χ2v) is 5.49. The molecule has 0 unspecified atom stereocenters. The quantitative estimate of drug-likeness (QED) is 0.753. The molecule has 0 saturated carbocycles. The van der Waals surface area contributed by atoms with E-state index < -0.39 is 11.4 Å². The number of carbonyl (C=O) groups is 2. The topological polar surface area (TPSA) is 66.8 Å². The fourth-order valence-electron chi connectivity index (χ4n) is 2.21. The number of rotatable bonds is 5. The first-order chi connectivity index (χ1) is 8.36. The zero-order valence-electron chi connectivity index (χ0n) is 11.4. The molecular formula is C13H23NO4. The molecule has 1 fully saturated rings. The van der Waals surface area contributed by atoms with Crippen LogP contribution in [0.2, 0.25) is 0 Å². The fraction of sp³-hybridized carbons (Fsp3) is 0.846. The summed E-state index contributed by atoms with van der Waals surface area (Å²) in [5.41, 5.74) is -0.739. The van der Waals surface area contributed by atoms with Gasteiger partial charge in [-0.3, -0.25) is 9.59 Å². The van der Waals surface area contributed by atoms with Crippen LogP contribution in [-0.2, 0) is 14.3 Å². The van der Waals surface area contributed by atoms with Crippen molar-refractivity contribution in [2.45, 2.75) is 33.6 Å². The highest BCUT2D eigenvalue weighted by Crippen LogP contribution is 2.23. The molecule has 0 amide bonds. The van der Waals surface area contributed by atoms with Gasteiger partial charge in [0.2, 0.25) is 0 Å². The molecule has 1 aliphatic rings. The van der Waals surface area contributed by atoms with Gasteiger partial charge in [-0.05, 0) is 46.7 Å². The Balaban J connectivity index is 2.40. The molecule has 1 heterocycles. The van der Waals surface area contributed by atoms with Crippen LogP contribution in [0, 0.1) is 11.3 Å². The van der Waals surface area contributed by atoms with Crippen molar-refractivity contribution in [1.29, 1.82) is 0 Å². The molecule has 0 bridgehead atoms. The third-order valence-corrected chi connectivity index (χ3v) is 3.41. The average Bonchev–Trinajstić information content (AvgIpc) is 2.29.